The number of carboxylic acid groups (broad SMARTS) is 1. The van der Waals surface area contributed by atoms with Crippen LogP contribution in [0, 0.1) is 5.92 Å². The molecule has 1 saturated heterocycles. The Labute approximate surface area is 189 Å². The molecule has 2 aliphatic heterocycles. The zero-order valence-electron chi connectivity index (χ0n) is 15.0. The number of primary amides is 1. The minimum absolute atomic E-state index is 0. The number of piperidine rings is 1. The van der Waals surface area contributed by atoms with Gasteiger partial charge in [0, 0.05) is 25.0 Å². The first-order chi connectivity index (χ1) is 13.5. The fourth-order valence-corrected chi connectivity index (χ4v) is 5.71. The van der Waals surface area contributed by atoms with Gasteiger partial charge in [0.1, 0.15) is 9.78 Å². The second kappa shape index (κ2) is 9.26. The molecule has 1 unspecified atom stereocenters. The van der Waals surface area contributed by atoms with Crippen LogP contribution in [0.5, 0.6) is 0 Å². The molecule has 2 aromatic rings. The Morgan fingerprint density at radius 1 is 1.17 bits per heavy atom. The van der Waals surface area contributed by atoms with Gasteiger partial charge in [0.05, 0.1) is 11.6 Å². The molecular formula is C19H21LiN4O3S2. The van der Waals surface area contributed by atoms with Crippen LogP contribution in [-0.2, 0) is 4.79 Å². The summed E-state index contributed by atoms with van der Waals surface area (Å²) in [6.07, 6.45) is 5.00. The van der Waals surface area contributed by atoms with E-state index in [1.54, 1.807) is 6.20 Å². The Balaban J connectivity index is 0.00000240. The van der Waals surface area contributed by atoms with E-state index in [-0.39, 0.29) is 24.2 Å². The minimum atomic E-state index is -0.939. The quantitative estimate of drug-likeness (QED) is 0.711. The average Bonchev–Trinajstić information content (AvgIpc) is 3.36. The first-order valence-electron chi connectivity index (χ1n) is 8.98. The van der Waals surface area contributed by atoms with E-state index in [1.807, 2.05) is 23.1 Å². The molecule has 1 aromatic heterocycles. The van der Waals surface area contributed by atoms with Crippen molar-refractivity contribution < 1.29 is 14.7 Å². The molecule has 1 aromatic carbocycles. The van der Waals surface area contributed by atoms with Gasteiger partial charge in [-0.2, -0.15) is 0 Å². The molecule has 3 heterocycles. The summed E-state index contributed by atoms with van der Waals surface area (Å²) < 4.78 is 0. The van der Waals surface area contributed by atoms with Crippen molar-refractivity contribution in [2.24, 2.45) is 11.7 Å². The van der Waals surface area contributed by atoms with Crippen molar-refractivity contribution in [3.63, 3.8) is 0 Å². The van der Waals surface area contributed by atoms with Gasteiger partial charge in [-0.3, -0.25) is 4.79 Å². The van der Waals surface area contributed by atoms with Gasteiger partial charge >= 0.3 is 24.8 Å². The standard InChI is InChI=1S/C19H20N4O3S2.Li.H/c20-16(24)14-10-21-19(28-14)23-11-15(18(25)26)27-17(23)12-6-8-22(9-7-12)13-4-2-1-3-5-13;;/h1-5,10-12,17H,6-9H2,(H2,20,24)(H,25,26);;. The number of carbonyl (C=O) groups is 2. The van der Waals surface area contributed by atoms with E-state index in [2.05, 4.69) is 22.0 Å². The molecule has 0 spiro atoms. The van der Waals surface area contributed by atoms with E-state index in [0.717, 1.165) is 25.9 Å². The molecule has 1 atom stereocenters. The normalized spacial score (nSPS) is 19.6. The van der Waals surface area contributed by atoms with Gasteiger partial charge in [0.2, 0.25) is 0 Å². The van der Waals surface area contributed by atoms with Crippen LogP contribution in [0.25, 0.3) is 0 Å². The van der Waals surface area contributed by atoms with E-state index in [4.69, 9.17) is 5.73 Å². The maximum atomic E-state index is 11.5. The van der Waals surface area contributed by atoms with Crippen molar-refractivity contribution in [3.8, 4) is 0 Å². The molecule has 0 saturated carbocycles. The molecule has 148 valence electrons. The Morgan fingerprint density at radius 2 is 1.86 bits per heavy atom. The third kappa shape index (κ3) is 4.64. The van der Waals surface area contributed by atoms with Crippen LogP contribution in [0.3, 0.4) is 0 Å². The van der Waals surface area contributed by atoms with Crippen LogP contribution in [-0.4, -0.2) is 59.3 Å². The Kier molecular flexibility index (Phi) is 6.96. The van der Waals surface area contributed by atoms with Crippen LogP contribution in [0.4, 0.5) is 10.8 Å². The van der Waals surface area contributed by atoms with E-state index in [1.165, 1.54) is 35.0 Å². The van der Waals surface area contributed by atoms with Crippen LogP contribution < -0.4 is 15.5 Å². The number of carbonyl (C=O) groups excluding carboxylic acids is 1. The molecule has 2 aliphatic rings. The van der Waals surface area contributed by atoms with Crippen LogP contribution in [0.15, 0.2) is 47.6 Å². The van der Waals surface area contributed by atoms with Gasteiger partial charge in [-0.1, -0.05) is 41.3 Å². The average molecular weight is 424 g/mol. The predicted molar refractivity (Wildman–Crippen MR) is 119 cm³/mol. The zero-order valence-corrected chi connectivity index (χ0v) is 16.7. The third-order valence-electron chi connectivity index (χ3n) is 5.01. The van der Waals surface area contributed by atoms with Crippen LogP contribution >= 0.6 is 23.1 Å². The van der Waals surface area contributed by atoms with Crippen LogP contribution in [0.2, 0.25) is 0 Å². The van der Waals surface area contributed by atoms with E-state index < -0.39 is 11.9 Å². The third-order valence-corrected chi connectivity index (χ3v) is 7.42. The number of hydrogen-bond acceptors (Lipinski definition) is 7. The van der Waals surface area contributed by atoms with E-state index in [9.17, 15) is 14.7 Å². The zero-order chi connectivity index (χ0) is 19.7. The van der Waals surface area contributed by atoms with Gasteiger partial charge in [0.25, 0.3) is 5.91 Å². The molecule has 1 amide bonds. The van der Waals surface area contributed by atoms with Crippen molar-refractivity contribution in [2.75, 3.05) is 22.9 Å². The molecule has 3 N–H and O–H groups in total. The summed E-state index contributed by atoms with van der Waals surface area (Å²) in [5, 5.41) is 10.0. The number of rotatable bonds is 5. The van der Waals surface area contributed by atoms with Gasteiger partial charge in [0.15, 0.2) is 5.13 Å². The van der Waals surface area contributed by atoms with E-state index >= 15 is 0 Å². The molecule has 29 heavy (non-hydrogen) atoms. The van der Waals surface area contributed by atoms with Crippen molar-refractivity contribution in [3.05, 3.63) is 52.5 Å². The van der Waals surface area contributed by atoms with Gasteiger partial charge < -0.3 is 20.6 Å². The van der Waals surface area contributed by atoms with Crippen LogP contribution in [0.1, 0.15) is 22.5 Å². The van der Waals surface area contributed by atoms with Gasteiger partial charge in [-0.05, 0) is 30.9 Å². The number of anilines is 2. The topological polar surface area (TPSA) is 99.8 Å². The number of amides is 1. The summed E-state index contributed by atoms with van der Waals surface area (Å²) in [5.74, 6) is -1.14. The van der Waals surface area contributed by atoms with Crippen molar-refractivity contribution in [2.45, 2.75) is 18.2 Å². The molecular weight excluding hydrogens is 403 g/mol. The fourth-order valence-electron chi connectivity index (χ4n) is 3.59. The number of nitrogens with two attached hydrogens (primary N) is 1. The molecule has 4 rings (SSSR count). The number of nitrogens with zero attached hydrogens (tertiary/aromatic N) is 3. The Hall–Kier alpha value is -1.92. The summed E-state index contributed by atoms with van der Waals surface area (Å²) in [6, 6.07) is 10.3. The molecule has 10 heteroatoms. The maximum absolute atomic E-state index is 11.5. The number of aromatic nitrogens is 1. The summed E-state index contributed by atoms with van der Waals surface area (Å²) in [7, 11) is 0. The van der Waals surface area contributed by atoms with Gasteiger partial charge in [-0.25, -0.2) is 9.78 Å². The Morgan fingerprint density at radius 3 is 2.45 bits per heavy atom. The summed E-state index contributed by atoms with van der Waals surface area (Å²) >= 11 is 2.56. The molecule has 7 nitrogen and oxygen atoms in total. The van der Waals surface area contributed by atoms with Crippen molar-refractivity contribution in [1.29, 1.82) is 0 Å². The van der Waals surface area contributed by atoms with Crippen molar-refractivity contribution >= 4 is 64.7 Å². The summed E-state index contributed by atoms with van der Waals surface area (Å²) in [4.78, 5) is 32.2. The van der Waals surface area contributed by atoms with Gasteiger partial charge in [-0.15, -0.1) is 0 Å². The van der Waals surface area contributed by atoms with Crippen molar-refractivity contribution in [1.82, 2.24) is 4.98 Å². The number of hydrogen-bond donors (Lipinski definition) is 2. The molecule has 0 radical (unpaired) electrons. The monoisotopic (exact) mass is 424 g/mol. The number of aliphatic carboxylic acids is 1. The number of thiazole rings is 1. The number of benzene rings is 1. The molecule has 0 aliphatic carbocycles. The second-order valence-corrected chi connectivity index (χ2v) is 8.91. The Bertz CT molecular complexity index is 913. The number of para-hydroxylation sites is 1. The van der Waals surface area contributed by atoms with E-state index in [0.29, 0.717) is 20.8 Å². The number of thioether (sulfide) groups is 1. The second-order valence-electron chi connectivity index (χ2n) is 6.75. The predicted octanol–water partition coefficient (Wildman–Crippen LogP) is 2.32. The SMILES string of the molecule is NC(=O)c1cnc(N2C=C(C(=O)O)SC2C2CCN(c3ccccc3)CC2)s1.[LiH]. The molecule has 1 fully saturated rings. The summed E-state index contributed by atoms with van der Waals surface area (Å²) in [6.45, 7) is 1.85. The first kappa shape index (κ1) is 21.8. The molecule has 0 bridgehead atoms. The summed E-state index contributed by atoms with van der Waals surface area (Å²) in [5.41, 5.74) is 6.56. The first-order valence-corrected chi connectivity index (χ1v) is 10.7. The number of carboxylic acids is 1. The fraction of sp³-hybridized carbons (Fsp3) is 0.316.